The number of rotatable bonds is 2. The van der Waals surface area contributed by atoms with E-state index < -0.39 is 0 Å². The zero-order chi connectivity index (χ0) is 10.7. The van der Waals surface area contributed by atoms with E-state index in [2.05, 4.69) is 10.6 Å². The molecule has 0 radical (unpaired) electrons. The molecule has 0 aliphatic carbocycles. The molecule has 2 saturated heterocycles. The first-order valence-corrected chi connectivity index (χ1v) is 5.52. The Labute approximate surface area is 89.2 Å². The molecule has 0 bridgehead atoms. The predicted molar refractivity (Wildman–Crippen MR) is 55.2 cm³/mol. The topological polar surface area (TPSA) is 61.4 Å². The summed E-state index contributed by atoms with van der Waals surface area (Å²) >= 11 is 0. The van der Waals surface area contributed by atoms with Crippen molar-refractivity contribution in [2.45, 2.75) is 12.8 Å². The summed E-state index contributed by atoms with van der Waals surface area (Å²) in [6, 6.07) is 0. The first kappa shape index (κ1) is 10.6. The van der Waals surface area contributed by atoms with Gasteiger partial charge < -0.3 is 5.32 Å². The molecule has 0 atom stereocenters. The smallest absolute Gasteiger partial charge is 0.243 e. The summed E-state index contributed by atoms with van der Waals surface area (Å²) in [7, 11) is 0. The van der Waals surface area contributed by atoms with Gasteiger partial charge in [-0.3, -0.25) is 19.8 Å². The number of carbonyl (C=O) groups is 2. The van der Waals surface area contributed by atoms with Gasteiger partial charge in [-0.05, 0) is 31.8 Å². The number of nitrogens with one attached hydrogen (secondary N) is 2. The largest absolute Gasteiger partial charge is 0.317 e. The Hall–Kier alpha value is -0.940. The van der Waals surface area contributed by atoms with Crippen LogP contribution in [0.25, 0.3) is 0 Å². The summed E-state index contributed by atoms with van der Waals surface area (Å²) in [5.41, 5.74) is 0. The van der Waals surface area contributed by atoms with Crippen molar-refractivity contribution < 1.29 is 9.59 Å². The number of piperazine rings is 1. The Balaban J connectivity index is 1.90. The van der Waals surface area contributed by atoms with Crippen LogP contribution in [0.2, 0.25) is 0 Å². The van der Waals surface area contributed by atoms with Crippen molar-refractivity contribution >= 4 is 11.8 Å². The lowest BCUT2D eigenvalue weighted by Gasteiger charge is -2.31. The SMILES string of the molecule is O=C1CNCC(=O)N1CC1CCNCC1. The molecule has 0 spiro atoms. The third-order valence-corrected chi connectivity index (χ3v) is 3.05. The number of hydrogen-bond donors (Lipinski definition) is 2. The van der Waals surface area contributed by atoms with Crippen LogP contribution in [0, 0.1) is 5.92 Å². The number of piperidine rings is 1. The fourth-order valence-corrected chi connectivity index (χ4v) is 2.13. The van der Waals surface area contributed by atoms with Gasteiger partial charge in [-0.15, -0.1) is 0 Å². The average Bonchev–Trinajstić information content (AvgIpc) is 2.25. The van der Waals surface area contributed by atoms with E-state index in [-0.39, 0.29) is 11.8 Å². The van der Waals surface area contributed by atoms with E-state index in [1.54, 1.807) is 0 Å². The molecule has 2 rings (SSSR count). The van der Waals surface area contributed by atoms with Gasteiger partial charge in [0.15, 0.2) is 0 Å². The predicted octanol–water partition coefficient (Wildman–Crippen LogP) is -1.06. The zero-order valence-electron chi connectivity index (χ0n) is 8.79. The molecule has 2 amide bonds. The number of hydrogen-bond acceptors (Lipinski definition) is 4. The molecule has 0 unspecified atom stereocenters. The number of carbonyl (C=O) groups excluding carboxylic acids is 2. The molecule has 2 aliphatic rings. The molecule has 2 aliphatic heterocycles. The highest BCUT2D eigenvalue weighted by Crippen LogP contribution is 2.14. The highest BCUT2D eigenvalue weighted by molar-refractivity contribution is 5.99. The quantitative estimate of drug-likeness (QED) is 0.572. The van der Waals surface area contributed by atoms with Crippen molar-refractivity contribution in [1.29, 1.82) is 0 Å². The van der Waals surface area contributed by atoms with Gasteiger partial charge in [0.25, 0.3) is 0 Å². The molecule has 2 heterocycles. The maximum Gasteiger partial charge on any atom is 0.243 e. The molecule has 0 aromatic carbocycles. The van der Waals surface area contributed by atoms with Gasteiger partial charge in [0, 0.05) is 6.54 Å². The minimum Gasteiger partial charge on any atom is -0.317 e. The lowest BCUT2D eigenvalue weighted by atomic mass is 9.97. The van der Waals surface area contributed by atoms with Gasteiger partial charge in [-0.2, -0.15) is 0 Å². The molecule has 0 saturated carbocycles. The number of imide groups is 1. The summed E-state index contributed by atoms with van der Waals surface area (Å²) in [5.74, 6) is 0.326. The molecule has 0 aromatic heterocycles. The van der Waals surface area contributed by atoms with Crippen LogP contribution in [0.4, 0.5) is 0 Å². The molecule has 15 heavy (non-hydrogen) atoms. The van der Waals surface area contributed by atoms with E-state index in [0.29, 0.717) is 25.6 Å². The molecular formula is C10H17N3O2. The summed E-state index contributed by atoms with van der Waals surface area (Å²) < 4.78 is 0. The second kappa shape index (κ2) is 4.72. The lowest BCUT2D eigenvalue weighted by molar-refractivity contribution is -0.147. The van der Waals surface area contributed by atoms with E-state index in [4.69, 9.17) is 0 Å². The van der Waals surface area contributed by atoms with E-state index in [9.17, 15) is 9.59 Å². The molecule has 5 nitrogen and oxygen atoms in total. The standard InChI is InChI=1S/C10H17N3O2/c14-9-5-12-6-10(15)13(9)7-8-1-3-11-4-2-8/h8,11-12H,1-7H2. The molecular weight excluding hydrogens is 194 g/mol. The normalized spacial score (nSPS) is 24.7. The van der Waals surface area contributed by atoms with Crippen LogP contribution in [-0.4, -0.2) is 49.4 Å². The van der Waals surface area contributed by atoms with Gasteiger partial charge in [-0.1, -0.05) is 0 Å². The number of amides is 2. The first-order valence-electron chi connectivity index (χ1n) is 5.52. The Morgan fingerprint density at radius 1 is 1.07 bits per heavy atom. The minimum absolute atomic E-state index is 0.0789. The van der Waals surface area contributed by atoms with Crippen molar-refractivity contribution in [1.82, 2.24) is 15.5 Å². The van der Waals surface area contributed by atoms with E-state index >= 15 is 0 Å². The van der Waals surface area contributed by atoms with E-state index in [1.165, 1.54) is 4.90 Å². The van der Waals surface area contributed by atoms with Crippen molar-refractivity contribution in [3.8, 4) is 0 Å². The summed E-state index contributed by atoms with van der Waals surface area (Å²) in [5, 5.41) is 6.07. The Bertz CT molecular complexity index is 245. The van der Waals surface area contributed by atoms with Crippen molar-refractivity contribution in [3.63, 3.8) is 0 Å². The highest BCUT2D eigenvalue weighted by atomic mass is 16.2. The van der Waals surface area contributed by atoms with Gasteiger partial charge in [0.2, 0.25) is 11.8 Å². The zero-order valence-corrected chi connectivity index (χ0v) is 8.79. The monoisotopic (exact) mass is 211 g/mol. The summed E-state index contributed by atoms with van der Waals surface area (Å²) in [6.45, 7) is 3.22. The van der Waals surface area contributed by atoms with Crippen LogP contribution in [-0.2, 0) is 9.59 Å². The van der Waals surface area contributed by atoms with Crippen molar-refractivity contribution in [3.05, 3.63) is 0 Å². The van der Waals surface area contributed by atoms with Crippen molar-refractivity contribution in [2.24, 2.45) is 5.92 Å². The Morgan fingerprint density at radius 3 is 2.27 bits per heavy atom. The van der Waals surface area contributed by atoms with Crippen LogP contribution in [0.1, 0.15) is 12.8 Å². The molecule has 0 aromatic rings. The van der Waals surface area contributed by atoms with Crippen LogP contribution in [0.3, 0.4) is 0 Å². The Kier molecular flexibility index (Phi) is 3.33. The van der Waals surface area contributed by atoms with Crippen LogP contribution in [0.15, 0.2) is 0 Å². The number of nitrogens with zero attached hydrogens (tertiary/aromatic N) is 1. The van der Waals surface area contributed by atoms with Gasteiger partial charge in [-0.25, -0.2) is 0 Å². The molecule has 5 heteroatoms. The second-order valence-electron chi connectivity index (χ2n) is 4.20. The Morgan fingerprint density at radius 2 is 1.67 bits per heavy atom. The van der Waals surface area contributed by atoms with Gasteiger partial charge >= 0.3 is 0 Å². The summed E-state index contributed by atoms with van der Waals surface area (Å²) in [6.07, 6.45) is 2.12. The second-order valence-corrected chi connectivity index (χ2v) is 4.20. The lowest BCUT2D eigenvalue weighted by Crippen LogP contribution is -2.54. The summed E-state index contributed by atoms with van der Waals surface area (Å²) in [4.78, 5) is 24.4. The fraction of sp³-hybridized carbons (Fsp3) is 0.800. The highest BCUT2D eigenvalue weighted by Gasteiger charge is 2.28. The third-order valence-electron chi connectivity index (χ3n) is 3.05. The fourth-order valence-electron chi connectivity index (χ4n) is 2.13. The third kappa shape index (κ3) is 2.54. The van der Waals surface area contributed by atoms with E-state index in [1.807, 2.05) is 0 Å². The maximum absolute atomic E-state index is 11.5. The van der Waals surface area contributed by atoms with Crippen LogP contribution >= 0.6 is 0 Å². The minimum atomic E-state index is -0.0789. The maximum atomic E-state index is 11.5. The van der Waals surface area contributed by atoms with E-state index in [0.717, 1.165) is 25.9 Å². The van der Waals surface area contributed by atoms with Gasteiger partial charge in [0.05, 0.1) is 13.1 Å². The molecule has 2 N–H and O–H groups in total. The molecule has 84 valence electrons. The van der Waals surface area contributed by atoms with Gasteiger partial charge in [0.1, 0.15) is 0 Å². The van der Waals surface area contributed by atoms with Crippen LogP contribution < -0.4 is 10.6 Å². The van der Waals surface area contributed by atoms with Crippen LogP contribution in [0.5, 0.6) is 0 Å². The van der Waals surface area contributed by atoms with Crippen molar-refractivity contribution in [2.75, 3.05) is 32.7 Å². The average molecular weight is 211 g/mol. The molecule has 2 fully saturated rings. The first-order chi connectivity index (χ1) is 7.27.